The number of amides is 2. The first-order valence-corrected chi connectivity index (χ1v) is 8.67. The van der Waals surface area contributed by atoms with Gasteiger partial charge in [-0.2, -0.15) is 0 Å². The molecule has 0 radical (unpaired) electrons. The minimum atomic E-state index is -0.221. The van der Waals surface area contributed by atoms with E-state index in [2.05, 4.69) is 10.6 Å². The zero-order valence-corrected chi connectivity index (χ0v) is 14.1. The Labute approximate surface area is 144 Å². The SMILES string of the molecule is C[C@H](CC(=O)c1cccs1)NC(=O)Cc1ccc2c(c1)NC(=O)C2. The Balaban J connectivity index is 1.53. The third-order valence-corrected chi connectivity index (χ3v) is 4.77. The molecule has 2 amide bonds. The Morgan fingerprint density at radius 2 is 2.17 bits per heavy atom. The molecule has 0 spiro atoms. The van der Waals surface area contributed by atoms with E-state index in [4.69, 9.17) is 0 Å². The number of benzene rings is 1. The van der Waals surface area contributed by atoms with Gasteiger partial charge in [-0.25, -0.2) is 0 Å². The van der Waals surface area contributed by atoms with Gasteiger partial charge in [0.1, 0.15) is 0 Å². The van der Waals surface area contributed by atoms with Crippen molar-refractivity contribution in [2.45, 2.75) is 32.2 Å². The number of carbonyl (C=O) groups excluding carboxylic acids is 3. The van der Waals surface area contributed by atoms with E-state index in [-0.39, 0.29) is 36.5 Å². The molecule has 1 atom stereocenters. The molecular formula is C18H18N2O3S. The molecule has 1 aliphatic rings. The quantitative estimate of drug-likeness (QED) is 0.792. The van der Waals surface area contributed by atoms with Crippen LogP contribution in [0, 0.1) is 0 Å². The van der Waals surface area contributed by atoms with Crippen LogP contribution in [0.5, 0.6) is 0 Å². The normalized spacial score (nSPS) is 14.0. The first kappa shape index (κ1) is 16.4. The smallest absolute Gasteiger partial charge is 0.228 e. The van der Waals surface area contributed by atoms with Crippen molar-refractivity contribution in [3.8, 4) is 0 Å². The molecule has 1 aliphatic heterocycles. The largest absolute Gasteiger partial charge is 0.353 e. The molecule has 0 saturated heterocycles. The van der Waals surface area contributed by atoms with Crippen molar-refractivity contribution in [2.24, 2.45) is 0 Å². The van der Waals surface area contributed by atoms with E-state index in [0.29, 0.717) is 11.3 Å². The molecule has 2 N–H and O–H groups in total. The third kappa shape index (κ3) is 3.89. The monoisotopic (exact) mass is 342 g/mol. The Hall–Kier alpha value is -2.47. The maximum atomic E-state index is 12.1. The minimum absolute atomic E-state index is 0.0210. The van der Waals surface area contributed by atoms with Crippen LogP contribution in [-0.2, 0) is 22.4 Å². The van der Waals surface area contributed by atoms with Gasteiger partial charge in [0.2, 0.25) is 11.8 Å². The van der Waals surface area contributed by atoms with Crippen molar-refractivity contribution in [2.75, 3.05) is 5.32 Å². The van der Waals surface area contributed by atoms with Crippen LogP contribution < -0.4 is 10.6 Å². The fourth-order valence-corrected chi connectivity index (χ4v) is 3.43. The Kier molecular flexibility index (Phi) is 4.76. The van der Waals surface area contributed by atoms with Crippen LogP contribution in [-0.4, -0.2) is 23.6 Å². The maximum Gasteiger partial charge on any atom is 0.228 e. The summed E-state index contributed by atoms with van der Waals surface area (Å²) in [6.45, 7) is 1.83. The summed E-state index contributed by atoms with van der Waals surface area (Å²) < 4.78 is 0. The van der Waals surface area contributed by atoms with Gasteiger partial charge in [-0.1, -0.05) is 18.2 Å². The molecule has 5 nitrogen and oxygen atoms in total. The summed E-state index contributed by atoms with van der Waals surface area (Å²) in [5.41, 5.74) is 2.58. The van der Waals surface area contributed by atoms with Gasteiger partial charge >= 0.3 is 0 Å². The first-order chi connectivity index (χ1) is 11.5. The molecule has 0 bridgehead atoms. The number of anilines is 1. The lowest BCUT2D eigenvalue weighted by molar-refractivity contribution is -0.121. The fraction of sp³-hybridized carbons (Fsp3) is 0.278. The summed E-state index contributed by atoms with van der Waals surface area (Å²) in [6, 6.07) is 8.98. The molecule has 2 aromatic rings. The van der Waals surface area contributed by atoms with Crippen molar-refractivity contribution in [3.05, 3.63) is 51.7 Å². The van der Waals surface area contributed by atoms with Crippen molar-refractivity contribution < 1.29 is 14.4 Å². The lowest BCUT2D eigenvalue weighted by atomic mass is 10.1. The highest BCUT2D eigenvalue weighted by molar-refractivity contribution is 7.12. The highest BCUT2D eigenvalue weighted by atomic mass is 32.1. The second-order valence-corrected chi connectivity index (χ2v) is 6.91. The van der Waals surface area contributed by atoms with E-state index in [9.17, 15) is 14.4 Å². The number of carbonyl (C=O) groups is 3. The van der Waals surface area contributed by atoms with Crippen molar-refractivity contribution in [1.29, 1.82) is 0 Å². The number of Topliss-reactive ketones (excluding diaryl/α,β-unsaturated/α-hetero) is 1. The molecule has 0 saturated carbocycles. The lowest BCUT2D eigenvalue weighted by Gasteiger charge is -2.13. The van der Waals surface area contributed by atoms with Gasteiger partial charge in [-0.15, -0.1) is 11.3 Å². The zero-order chi connectivity index (χ0) is 17.1. The number of hydrogen-bond donors (Lipinski definition) is 2. The molecule has 1 aromatic heterocycles. The van der Waals surface area contributed by atoms with Crippen LogP contribution in [0.2, 0.25) is 0 Å². The molecule has 0 unspecified atom stereocenters. The first-order valence-electron chi connectivity index (χ1n) is 7.79. The number of thiophene rings is 1. The van der Waals surface area contributed by atoms with Gasteiger partial charge < -0.3 is 10.6 Å². The Morgan fingerprint density at radius 3 is 2.92 bits per heavy atom. The summed E-state index contributed by atoms with van der Waals surface area (Å²) in [7, 11) is 0. The van der Waals surface area contributed by atoms with E-state index in [1.165, 1.54) is 11.3 Å². The molecule has 3 rings (SSSR count). The average molecular weight is 342 g/mol. The van der Waals surface area contributed by atoms with Gasteiger partial charge in [0.25, 0.3) is 0 Å². The van der Waals surface area contributed by atoms with Crippen LogP contribution in [0.4, 0.5) is 5.69 Å². The molecule has 2 heterocycles. The third-order valence-electron chi connectivity index (χ3n) is 3.86. The molecular weight excluding hydrogens is 324 g/mol. The van der Waals surface area contributed by atoms with Gasteiger partial charge in [0.05, 0.1) is 17.7 Å². The van der Waals surface area contributed by atoms with E-state index < -0.39 is 0 Å². The Morgan fingerprint density at radius 1 is 1.33 bits per heavy atom. The maximum absolute atomic E-state index is 12.1. The molecule has 1 aromatic carbocycles. The standard InChI is InChI=1S/C18H18N2O3S/c1-11(7-15(21)16-3-2-6-24-16)19-17(22)9-12-4-5-13-10-18(23)20-14(13)8-12/h2-6,8,11H,7,9-10H2,1H3,(H,19,22)(H,20,23)/t11-/m1/s1. The highest BCUT2D eigenvalue weighted by Crippen LogP contribution is 2.24. The van der Waals surface area contributed by atoms with Crippen LogP contribution in [0.1, 0.15) is 34.1 Å². The molecule has 0 fully saturated rings. The second kappa shape index (κ2) is 6.97. The Bertz CT molecular complexity index is 784. The molecule has 6 heteroatoms. The fourth-order valence-electron chi connectivity index (χ4n) is 2.75. The summed E-state index contributed by atoms with van der Waals surface area (Å²) in [6.07, 6.45) is 0.900. The predicted molar refractivity (Wildman–Crippen MR) is 93.4 cm³/mol. The van der Waals surface area contributed by atoms with Gasteiger partial charge in [-0.05, 0) is 35.6 Å². The number of hydrogen-bond acceptors (Lipinski definition) is 4. The number of rotatable bonds is 6. The predicted octanol–water partition coefficient (Wildman–Crippen LogP) is 2.56. The number of nitrogens with one attached hydrogen (secondary N) is 2. The number of fused-ring (bicyclic) bond motifs is 1. The summed E-state index contributed by atoms with van der Waals surface area (Å²) in [5, 5.41) is 7.50. The zero-order valence-electron chi connectivity index (χ0n) is 13.3. The van der Waals surface area contributed by atoms with Crippen molar-refractivity contribution in [3.63, 3.8) is 0 Å². The van der Waals surface area contributed by atoms with Crippen molar-refractivity contribution in [1.82, 2.24) is 5.32 Å². The van der Waals surface area contributed by atoms with Gasteiger partial charge in [-0.3, -0.25) is 14.4 Å². The van der Waals surface area contributed by atoms with E-state index >= 15 is 0 Å². The molecule has 124 valence electrons. The summed E-state index contributed by atoms with van der Waals surface area (Å²) in [4.78, 5) is 36.3. The van der Waals surface area contributed by atoms with E-state index in [1.807, 2.05) is 36.6 Å². The van der Waals surface area contributed by atoms with Crippen molar-refractivity contribution >= 4 is 34.6 Å². The van der Waals surface area contributed by atoms with Crippen LogP contribution in [0.25, 0.3) is 0 Å². The average Bonchev–Trinajstić information content (AvgIpc) is 3.14. The summed E-state index contributed by atoms with van der Waals surface area (Å²) in [5.74, 6) is -0.115. The van der Waals surface area contributed by atoms with Crippen LogP contribution in [0.15, 0.2) is 35.7 Å². The highest BCUT2D eigenvalue weighted by Gasteiger charge is 2.19. The summed E-state index contributed by atoms with van der Waals surface area (Å²) >= 11 is 1.41. The van der Waals surface area contributed by atoms with E-state index in [1.54, 1.807) is 6.07 Å². The minimum Gasteiger partial charge on any atom is -0.353 e. The lowest BCUT2D eigenvalue weighted by Crippen LogP contribution is -2.35. The van der Waals surface area contributed by atoms with Gasteiger partial charge in [0, 0.05) is 18.2 Å². The van der Waals surface area contributed by atoms with E-state index in [0.717, 1.165) is 16.8 Å². The van der Waals surface area contributed by atoms with Gasteiger partial charge in [0.15, 0.2) is 5.78 Å². The second-order valence-electron chi connectivity index (χ2n) is 5.97. The van der Waals surface area contributed by atoms with Crippen LogP contribution in [0.3, 0.4) is 0 Å². The van der Waals surface area contributed by atoms with Crippen LogP contribution >= 0.6 is 11.3 Å². The molecule has 24 heavy (non-hydrogen) atoms. The topological polar surface area (TPSA) is 75.3 Å². The number of ketones is 1. The molecule has 0 aliphatic carbocycles.